The third-order valence-electron chi connectivity index (χ3n) is 5.39. The molecule has 0 amide bonds. The first-order valence-corrected chi connectivity index (χ1v) is 11.0. The van der Waals surface area contributed by atoms with Crippen molar-refractivity contribution in [2.45, 2.75) is 20.1 Å². The highest BCUT2D eigenvalue weighted by Crippen LogP contribution is 2.26. The second-order valence-corrected chi connectivity index (χ2v) is 7.94. The average molecular weight is 470 g/mol. The number of hydrogen-bond acceptors (Lipinski definition) is 4. The smallest absolute Gasteiger partial charge is 0.337 e. The van der Waals surface area contributed by atoms with Crippen LogP contribution in [0, 0.1) is 12.7 Å². The van der Waals surface area contributed by atoms with Gasteiger partial charge in [0.2, 0.25) is 0 Å². The van der Waals surface area contributed by atoms with Gasteiger partial charge >= 0.3 is 5.97 Å². The van der Waals surface area contributed by atoms with Gasteiger partial charge in [0.25, 0.3) is 0 Å². The highest BCUT2D eigenvalue weighted by atomic mass is 19.1. The lowest BCUT2D eigenvalue weighted by Gasteiger charge is -2.13. The fraction of sp³-hybridized carbons (Fsp3) is 0.103. The fourth-order valence-corrected chi connectivity index (χ4v) is 3.38. The van der Waals surface area contributed by atoms with E-state index in [1.54, 1.807) is 36.4 Å². The molecule has 1 N–H and O–H groups in total. The molecule has 0 atom stereocenters. The van der Waals surface area contributed by atoms with E-state index < -0.39 is 5.97 Å². The van der Waals surface area contributed by atoms with Crippen LogP contribution in [-0.4, -0.2) is 16.1 Å². The van der Waals surface area contributed by atoms with Crippen LogP contribution in [0.2, 0.25) is 0 Å². The van der Waals surface area contributed by atoms with Crippen LogP contribution in [0.3, 0.4) is 0 Å². The Morgan fingerprint density at radius 1 is 0.886 bits per heavy atom. The van der Waals surface area contributed by atoms with E-state index in [0.717, 1.165) is 16.7 Å². The molecule has 1 aromatic heterocycles. The summed E-state index contributed by atoms with van der Waals surface area (Å²) >= 11 is 0. The lowest BCUT2D eigenvalue weighted by Crippen LogP contribution is -2.01. The molecule has 3 aromatic carbocycles. The summed E-state index contributed by atoms with van der Waals surface area (Å²) in [6.45, 7) is 2.50. The van der Waals surface area contributed by atoms with E-state index in [4.69, 9.17) is 14.6 Å². The van der Waals surface area contributed by atoms with Gasteiger partial charge in [-0.2, -0.15) is 0 Å². The number of pyridine rings is 1. The van der Waals surface area contributed by atoms with Crippen molar-refractivity contribution in [1.82, 2.24) is 4.98 Å². The van der Waals surface area contributed by atoms with Gasteiger partial charge in [-0.05, 0) is 60.0 Å². The van der Waals surface area contributed by atoms with Crippen LogP contribution in [0.15, 0.2) is 85.1 Å². The Hall–Kier alpha value is -4.45. The molecule has 0 radical (unpaired) electrons. The zero-order valence-electron chi connectivity index (χ0n) is 19.1. The minimum atomic E-state index is -1.02. The summed E-state index contributed by atoms with van der Waals surface area (Å²) in [5.41, 5.74) is 4.19. The number of aryl methyl sites for hydroxylation is 1. The Bertz CT molecular complexity index is 1280. The van der Waals surface area contributed by atoms with E-state index in [2.05, 4.69) is 4.98 Å². The summed E-state index contributed by atoms with van der Waals surface area (Å²) in [5.74, 6) is -0.212. The number of benzene rings is 3. The van der Waals surface area contributed by atoms with E-state index in [-0.39, 0.29) is 18.0 Å². The van der Waals surface area contributed by atoms with Crippen LogP contribution >= 0.6 is 0 Å². The number of carboxylic acids is 1. The third kappa shape index (κ3) is 6.54. The van der Waals surface area contributed by atoms with E-state index in [1.165, 1.54) is 18.3 Å². The van der Waals surface area contributed by atoms with Crippen molar-refractivity contribution in [3.05, 3.63) is 124 Å². The van der Waals surface area contributed by atoms with Gasteiger partial charge < -0.3 is 14.6 Å². The largest absolute Gasteiger partial charge is 0.489 e. The van der Waals surface area contributed by atoms with Crippen molar-refractivity contribution < 1.29 is 23.8 Å². The summed E-state index contributed by atoms with van der Waals surface area (Å²) in [7, 11) is 0. The van der Waals surface area contributed by atoms with Crippen molar-refractivity contribution in [2.24, 2.45) is 0 Å². The molecule has 0 aliphatic heterocycles. The van der Waals surface area contributed by atoms with Gasteiger partial charge in [0.05, 0.1) is 11.3 Å². The quantitative estimate of drug-likeness (QED) is 0.301. The number of carboxylic acid groups (broad SMARTS) is 1. The first-order chi connectivity index (χ1) is 17.0. The second-order valence-electron chi connectivity index (χ2n) is 7.94. The first kappa shape index (κ1) is 23.7. The Morgan fingerprint density at radius 2 is 1.54 bits per heavy atom. The topological polar surface area (TPSA) is 68.7 Å². The number of ether oxygens (including phenoxy) is 2. The van der Waals surface area contributed by atoms with Crippen LogP contribution in [0.5, 0.6) is 11.5 Å². The van der Waals surface area contributed by atoms with E-state index >= 15 is 0 Å². The molecule has 4 rings (SSSR count). The maximum atomic E-state index is 14.0. The number of hydrogen-bond donors (Lipinski definition) is 1. The van der Waals surface area contributed by atoms with Gasteiger partial charge in [0.15, 0.2) is 0 Å². The highest BCUT2D eigenvalue weighted by molar-refractivity contribution is 5.87. The summed E-state index contributed by atoms with van der Waals surface area (Å²) in [4.78, 5) is 15.2. The molecular formula is C29H24FNO4. The second kappa shape index (κ2) is 11.1. The molecule has 0 saturated carbocycles. The zero-order valence-corrected chi connectivity index (χ0v) is 19.1. The molecule has 0 aliphatic carbocycles. The van der Waals surface area contributed by atoms with E-state index in [9.17, 15) is 9.18 Å². The van der Waals surface area contributed by atoms with Crippen molar-refractivity contribution in [3.8, 4) is 11.5 Å². The number of rotatable bonds is 9. The molecular weight excluding hydrogens is 445 g/mol. The number of aromatic carboxylic acids is 1. The Morgan fingerprint density at radius 3 is 2.17 bits per heavy atom. The minimum Gasteiger partial charge on any atom is -0.489 e. The van der Waals surface area contributed by atoms with Crippen LogP contribution in [0.1, 0.15) is 38.3 Å². The van der Waals surface area contributed by atoms with Gasteiger partial charge in [-0.1, -0.05) is 48.5 Å². The molecule has 5 nitrogen and oxygen atoms in total. The maximum absolute atomic E-state index is 14.0. The van der Waals surface area contributed by atoms with Crippen LogP contribution < -0.4 is 9.47 Å². The molecule has 0 unspecified atom stereocenters. The lowest BCUT2D eigenvalue weighted by molar-refractivity contribution is 0.0696. The molecule has 35 heavy (non-hydrogen) atoms. The standard InChI is InChI=1S/C29H24FNO4/c1-20-6-2-3-7-23(20)18-34-26-14-21(10-12-25-13-11-22(17-31-25)29(32)33)15-27(16-26)35-19-24-8-4-5-9-28(24)30/h2-17H,18-19H2,1H3,(H,32,33). The lowest BCUT2D eigenvalue weighted by atomic mass is 10.1. The van der Waals surface area contributed by atoms with Gasteiger partial charge in [-0.3, -0.25) is 4.98 Å². The summed E-state index contributed by atoms with van der Waals surface area (Å²) < 4.78 is 26.0. The summed E-state index contributed by atoms with van der Waals surface area (Å²) in [6.07, 6.45) is 4.92. The molecule has 6 heteroatoms. The molecule has 0 spiro atoms. The van der Waals surface area contributed by atoms with E-state index in [0.29, 0.717) is 29.4 Å². The van der Waals surface area contributed by atoms with Crippen LogP contribution in [0.4, 0.5) is 4.39 Å². The van der Waals surface area contributed by atoms with Gasteiger partial charge in [-0.25, -0.2) is 9.18 Å². The zero-order chi connectivity index (χ0) is 24.6. The van der Waals surface area contributed by atoms with Crippen molar-refractivity contribution in [1.29, 1.82) is 0 Å². The van der Waals surface area contributed by atoms with Crippen molar-refractivity contribution >= 4 is 18.1 Å². The van der Waals surface area contributed by atoms with Gasteiger partial charge in [-0.15, -0.1) is 0 Å². The third-order valence-corrected chi connectivity index (χ3v) is 5.39. The van der Waals surface area contributed by atoms with Gasteiger partial charge in [0, 0.05) is 17.8 Å². The summed E-state index contributed by atoms with van der Waals surface area (Å²) in [5, 5.41) is 9.04. The molecule has 0 fully saturated rings. The van der Waals surface area contributed by atoms with Crippen molar-refractivity contribution in [2.75, 3.05) is 0 Å². The Balaban J connectivity index is 1.56. The highest BCUT2D eigenvalue weighted by Gasteiger charge is 2.07. The predicted molar refractivity (Wildman–Crippen MR) is 133 cm³/mol. The average Bonchev–Trinajstić information content (AvgIpc) is 2.87. The van der Waals surface area contributed by atoms with E-state index in [1.807, 2.05) is 49.4 Å². The predicted octanol–water partition coefficient (Wildman–Crippen LogP) is 6.56. The Labute approximate surface area is 203 Å². The molecule has 0 saturated heterocycles. The number of nitrogens with zero attached hydrogens (tertiary/aromatic N) is 1. The molecule has 176 valence electrons. The SMILES string of the molecule is Cc1ccccc1COc1cc(C=Cc2ccc(C(=O)O)cn2)cc(OCc2ccccc2F)c1. The van der Waals surface area contributed by atoms with Crippen molar-refractivity contribution in [3.63, 3.8) is 0 Å². The number of halogens is 1. The molecule has 0 bridgehead atoms. The fourth-order valence-electron chi connectivity index (χ4n) is 3.38. The maximum Gasteiger partial charge on any atom is 0.337 e. The van der Waals surface area contributed by atoms with Crippen LogP contribution in [0.25, 0.3) is 12.2 Å². The minimum absolute atomic E-state index is 0.0787. The van der Waals surface area contributed by atoms with Crippen LogP contribution in [-0.2, 0) is 13.2 Å². The molecule has 1 heterocycles. The Kier molecular flexibility index (Phi) is 7.53. The first-order valence-electron chi connectivity index (χ1n) is 11.0. The number of aromatic nitrogens is 1. The molecule has 0 aliphatic rings. The number of carbonyl (C=O) groups is 1. The normalized spacial score (nSPS) is 10.9. The molecule has 4 aromatic rings. The summed E-state index contributed by atoms with van der Waals surface area (Å²) in [6, 6.07) is 23.1. The monoisotopic (exact) mass is 469 g/mol. The van der Waals surface area contributed by atoms with Gasteiger partial charge in [0.1, 0.15) is 30.5 Å².